The van der Waals surface area contributed by atoms with Gasteiger partial charge in [-0.1, -0.05) is 18.2 Å². The van der Waals surface area contributed by atoms with Crippen molar-refractivity contribution in [3.05, 3.63) is 35.6 Å². The van der Waals surface area contributed by atoms with Crippen molar-refractivity contribution in [1.82, 2.24) is 0 Å². The molecule has 0 aromatic heterocycles. The molecule has 0 bridgehead atoms. The van der Waals surface area contributed by atoms with E-state index in [2.05, 4.69) is 23.2 Å². The van der Waals surface area contributed by atoms with Crippen LogP contribution in [-0.2, 0) is 0 Å². The van der Waals surface area contributed by atoms with Crippen molar-refractivity contribution < 1.29 is 0 Å². The molecule has 0 spiro atoms. The maximum atomic E-state index is 4.02. The average Bonchev–Trinajstić information content (AvgIpc) is 2.33. The lowest BCUT2D eigenvalue weighted by Gasteiger charge is -2.00. The van der Waals surface area contributed by atoms with Crippen LogP contribution in [0.4, 0.5) is 0 Å². The number of allylic oxidation sites excluding steroid dienone is 5. The third kappa shape index (κ3) is 0.653. The fourth-order valence-electron chi connectivity index (χ4n) is 1.05. The molecule has 1 heteroatoms. The van der Waals surface area contributed by atoms with E-state index < -0.39 is 0 Å². The summed E-state index contributed by atoms with van der Waals surface area (Å²) >= 11 is 0. The molecule has 1 heterocycles. The highest BCUT2D eigenvalue weighted by molar-refractivity contribution is 5.89. The first-order valence-electron chi connectivity index (χ1n) is 3.07. The Bertz CT molecular complexity index is 241. The quantitative estimate of drug-likeness (QED) is 0.459. The zero-order valence-corrected chi connectivity index (χ0v) is 5.04. The summed E-state index contributed by atoms with van der Waals surface area (Å²) in [6, 6.07) is 0. The minimum atomic E-state index is 1.05. The zero-order chi connectivity index (χ0) is 6.10. The van der Waals surface area contributed by atoms with Crippen LogP contribution in [0.3, 0.4) is 0 Å². The Morgan fingerprint density at radius 2 is 2.33 bits per heavy atom. The standard InChI is InChI=1S/C8H7N/c1-2-4-8-6-9-5-7(8)3-1/h1,3-6H,2H2. The van der Waals surface area contributed by atoms with Gasteiger partial charge in [0.05, 0.1) is 0 Å². The summed E-state index contributed by atoms with van der Waals surface area (Å²) in [6.45, 7) is 0. The van der Waals surface area contributed by atoms with Crippen molar-refractivity contribution >= 4 is 6.21 Å². The summed E-state index contributed by atoms with van der Waals surface area (Å²) in [5.74, 6) is 0. The third-order valence-corrected chi connectivity index (χ3v) is 1.53. The van der Waals surface area contributed by atoms with Crippen LogP contribution in [0.1, 0.15) is 6.42 Å². The summed E-state index contributed by atoms with van der Waals surface area (Å²) in [6.07, 6.45) is 11.3. The van der Waals surface area contributed by atoms with E-state index in [4.69, 9.17) is 0 Å². The molecule has 0 aromatic rings. The monoisotopic (exact) mass is 117 g/mol. The van der Waals surface area contributed by atoms with Gasteiger partial charge in [0.2, 0.25) is 0 Å². The lowest BCUT2D eigenvalue weighted by molar-refractivity contribution is 1.32. The Morgan fingerprint density at radius 3 is 3.22 bits per heavy atom. The first-order chi connectivity index (χ1) is 4.47. The summed E-state index contributed by atoms with van der Waals surface area (Å²) in [5.41, 5.74) is 2.53. The van der Waals surface area contributed by atoms with E-state index in [9.17, 15) is 0 Å². The molecule has 0 N–H and O–H groups in total. The zero-order valence-electron chi connectivity index (χ0n) is 5.04. The molecule has 2 rings (SSSR count). The molecular weight excluding hydrogens is 110 g/mol. The maximum Gasteiger partial charge on any atom is 0.0346 e. The van der Waals surface area contributed by atoms with E-state index in [0.717, 1.165) is 6.42 Å². The van der Waals surface area contributed by atoms with E-state index in [0.29, 0.717) is 0 Å². The minimum absolute atomic E-state index is 1.05. The van der Waals surface area contributed by atoms with E-state index in [-0.39, 0.29) is 0 Å². The fourth-order valence-corrected chi connectivity index (χ4v) is 1.05. The van der Waals surface area contributed by atoms with Crippen molar-refractivity contribution in [2.45, 2.75) is 6.42 Å². The highest BCUT2D eigenvalue weighted by Crippen LogP contribution is 2.19. The Kier molecular flexibility index (Phi) is 0.890. The Hall–Kier alpha value is -1.11. The summed E-state index contributed by atoms with van der Waals surface area (Å²) < 4.78 is 0. The second-order valence-electron chi connectivity index (χ2n) is 2.16. The molecule has 44 valence electrons. The molecule has 0 aromatic carbocycles. The second-order valence-corrected chi connectivity index (χ2v) is 2.16. The van der Waals surface area contributed by atoms with Crippen molar-refractivity contribution in [2.75, 3.05) is 0 Å². The molecule has 0 fully saturated rings. The first kappa shape index (κ1) is 4.74. The van der Waals surface area contributed by atoms with Gasteiger partial charge in [0.25, 0.3) is 0 Å². The van der Waals surface area contributed by atoms with Crippen LogP contribution in [-0.4, -0.2) is 6.21 Å². The highest BCUT2D eigenvalue weighted by Gasteiger charge is 2.05. The molecule has 1 aliphatic carbocycles. The molecule has 0 atom stereocenters. The fraction of sp³-hybridized carbons (Fsp3) is 0.125. The van der Waals surface area contributed by atoms with Gasteiger partial charge in [-0.2, -0.15) is 0 Å². The molecule has 1 nitrogen and oxygen atoms in total. The van der Waals surface area contributed by atoms with Gasteiger partial charge >= 0.3 is 0 Å². The van der Waals surface area contributed by atoms with Gasteiger partial charge in [-0.25, -0.2) is 0 Å². The summed E-state index contributed by atoms with van der Waals surface area (Å²) in [5, 5.41) is 0. The highest BCUT2D eigenvalue weighted by atomic mass is 14.7. The van der Waals surface area contributed by atoms with Gasteiger partial charge in [0.15, 0.2) is 0 Å². The lowest BCUT2D eigenvalue weighted by atomic mass is 10.0. The van der Waals surface area contributed by atoms with Gasteiger partial charge in [0.1, 0.15) is 0 Å². The van der Waals surface area contributed by atoms with Gasteiger partial charge in [-0.05, 0) is 12.0 Å². The van der Waals surface area contributed by atoms with Crippen LogP contribution in [0, 0.1) is 0 Å². The molecular formula is C8H7N. The minimum Gasteiger partial charge on any atom is -0.263 e. The van der Waals surface area contributed by atoms with Crippen LogP contribution >= 0.6 is 0 Å². The van der Waals surface area contributed by atoms with Crippen molar-refractivity contribution in [3.8, 4) is 0 Å². The van der Waals surface area contributed by atoms with Gasteiger partial charge in [-0.15, -0.1) is 0 Å². The Labute approximate surface area is 54.1 Å². The van der Waals surface area contributed by atoms with Crippen molar-refractivity contribution in [3.63, 3.8) is 0 Å². The Morgan fingerprint density at radius 1 is 1.33 bits per heavy atom. The lowest BCUT2D eigenvalue weighted by Crippen LogP contribution is -1.86. The molecule has 1 aliphatic heterocycles. The molecule has 0 saturated carbocycles. The summed E-state index contributed by atoms with van der Waals surface area (Å²) in [4.78, 5) is 4.02. The normalized spacial score (nSPS) is 21.3. The molecule has 0 unspecified atom stereocenters. The maximum absolute atomic E-state index is 4.02. The number of hydrogen-bond donors (Lipinski definition) is 0. The largest absolute Gasteiger partial charge is 0.263 e. The molecule has 0 radical (unpaired) electrons. The van der Waals surface area contributed by atoms with Gasteiger partial charge < -0.3 is 0 Å². The van der Waals surface area contributed by atoms with Crippen LogP contribution < -0.4 is 0 Å². The first-order valence-corrected chi connectivity index (χ1v) is 3.07. The topological polar surface area (TPSA) is 12.4 Å². The summed E-state index contributed by atoms with van der Waals surface area (Å²) in [7, 11) is 0. The van der Waals surface area contributed by atoms with E-state index in [1.165, 1.54) is 11.1 Å². The van der Waals surface area contributed by atoms with Crippen molar-refractivity contribution in [1.29, 1.82) is 0 Å². The van der Waals surface area contributed by atoms with Gasteiger partial charge in [0, 0.05) is 18.0 Å². The predicted molar refractivity (Wildman–Crippen MR) is 38.4 cm³/mol. The number of fused-ring (bicyclic) bond motifs is 1. The van der Waals surface area contributed by atoms with E-state index in [1.807, 2.05) is 12.4 Å². The molecule has 0 saturated heterocycles. The van der Waals surface area contributed by atoms with Crippen LogP contribution in [0.25, 0.3) is 0 Å². The van der Waals surface area contributed by atoms with Crippen molar-refractivity contribution in [2.24, 2.45) is 4.99 Å². The number of rotatable bonds is 0. The number of aliphatic imine (C=N–C) groups is 1. The smallest absolute Gasteiger partial charge is 0.0346 e. The average molecular weight is 117 g/mol. The molecule has 9 heavy (non-hydrogen) atoms. The van der Waals surface area contributed by atoms with E-state index in [1.54, 1.807) is 0 Å². The van der Waals surface area contributed by atoms with Crippen LogP contribution in [0.15, 0.2) is 40.6 Å². The van der Waals surface area contributed by atoms with Gasteiger partial charge in [-0.3, -0.25) is 4.99 Å². The Balaban J connectivity index is 2.46. The third-order valence-electron chi connectivity index (χ3n) is 1.53. The predicted octanol–water partition coefficient (Wildman–Crippen LogP) is 1.84. The number of hydrogen-bond acceptors (Lipinski definition) is 1. The van der Waals surface area contributed by atoms with Crippen LogP contribution in [0.5, 0.6) is 0 Å². The second kappa shape index (κ2) is 1.69. The molecule has 0 amide bonds. The van der Waals surface area contributed by atoms with Crippen LogP contribution in [0.2, 0.25) is 0 Å². The number of nitrogens with zero attached hydrogens (tertiary/aromatic N) is 1. The molecule has 2 aliphatic rings. The SMILES string of the molecule is C1=CC2=CN=CC2=CC1. The van der Waals surface area contributed by atoms with E-state index >= 15 is 0 Å².